The number of nitrogens with one attached hydrogen (secondary N) is 1. The summed E-state index contributed by atoms with van der Waals surface area (Å²) >= 11 is 5.87. The number of rotatable bonds is 1. The third kappa shape index (κ3) is 1.88. The third-order valence-corrected chi connectivity index (χ3v) is 3.31. The maximum absolute atomic E-state index is 12.2. The van der Waals surface area contributed by atoms with Gasteiger partial charge in [-0.2, -0.15) is 0 Å². The second-order valence-electron chi connectivity index (χ2n) is 4.42. The van der Waals surface area contributed by atoms with Gasteiger partial charge in [-0.15, -0.1) is 0 Å². The third-order valence-electron chi connectivity index (χ3n) is 3.10. The fourth-order valence-electron chi connectivity index (χ4n) is 2.18. The van der Waals surface area contributed by atoms with Crippen molar-refractivity contribution in [2.45, 2.75) is 0 Å². The Morgan fingerprint density at radius 3 is 2.95 bits per heavy atom. The van der Waals surface area contributed by atoms with E-state index in [1.54, 1.807) is 30.6 Å². The zero-order chi connectivity index (χ0) is 14.4. The molecule has 0 bridgehead atoms. The van der Waals surface area contributed by atoms with Crippen molar-refractivity contribution in [3.63, 3.8) is 0 Å². The number of furan rings is 1. The van der Waals surface area contributed by atoms with Crippen LogP contribution in [0.3, 0.4) is 0 Å². The summed E-state index contributed by atoms with van der Waals surface area (Å²) in [4.78, 5) is 27.3. The number of fused-ring (bicyclic) bond motifs is 3. The molecule has 0 aliphatic heterocycles. The van der Waals surface area contributed by atoms with Gasteiger partial charge in [-0.1, -0.05) is 11.6 Å². The first kappa shape index (κ1) is 12.0. The Morgan fingerprint density at radius 1 is 1.19 bits per heavy atom. The number of halogens is 1. The highest BCUT2D eigenvalue weighted by atomic mass is 35.5. The summed E-state index contributed by atoms with van der Waals surface area (Å²) in [6.45, 7) is 0. The fraction of sp³-hybridized carbons (Fsp3) is 0. The maximum atomic E-state index is 12.2. The first-order chi connectivity index (χ1) is 10.2. The van der Waals surface area contributed by atoms with Crippen molar-refractivity contribution in [2.75, 3.05) is 0 Å². The van der Waals surface area contributed by atoms with E-state index in [-0.39, 0.29) is 11.1 Å². The standard InChI is InChI=1S/C14H7ClN4O2/c15-9-6-7(3-5-16-9)12-18-10-8-2-1-4-17-14(8)21-11(10)13(20)19-12/h1-6H,(H,18,19,20). The molecule has 21 heavy (non-hydrogen) atoms. The van der Waals surface area contributed by atoms with E-state index in [9.17, 15) is 4.79 Å². The van der Waals surface area contributed by atoms with Gasteiger partial charge in [0.25, 0.3) is 5.56 Å². The van der Waals surface area contributed by atoms with Gasteiger partial charge in [0, 0.05) is 18.0 Å². The van der Waals surface area contributed by atoms with Crippen LogP contribution in [-0.2, 0) is 0 Å². The smallest absolute Gasteiger partial charge is 0.294 e. The molecule has 1 N–H and O–H groups in total. The molecule has 0 atom stereocenters. The van der Waals surface area contributed by atoms with E-state index < -0.39 is 0 Å². The number of hydrogen-bond donors (Lipinski definition) is 1. The maximum Gasteiger partial charge on any atom is 0.294 e. The molecule has 0 aromatic carbocycles. The molecule has 4 aromatic rings. The van der Waals surface area contributed by atoms with E-state index in [0.29, 0.717) is 33.2 Å². The molecular weight excluding hydrogens is 292 g/mol. The monoisotopic (exact) mass is 298 g/mol. The highest BCUT2D eigenvalue weighted by molar-refractivity contribution is 6.29. The molecular formula is C14H7ClN4O2. The molecule has 0 saturated carbocycles. The van der Waals surface area contributed by atoms with Gasteiger partial charge in [0.05, 0.1) is 5.39 Å². The Morgan fingerprint density at radius 2 is 2.10 bits per heavy atom. The van der Waals surface area contributed by atoms with Crippen LogP contribution in [0.25, 0.3) is 33.6 Å². The summed E-state index contributed by atoms with van der Waals surface area (Å²) < 4.78 is 5.44. The van der Waals surface area contributed by atoms with Crippen molar-refractivity contribution >= 4 is 33.8 Å². The van der Waals surface area contributed by atoms with Crippen LogP contribution < -0.4 is 5.56 Å². The first-order valence-electron chi connectivity index (χ1n) is 6.12. The summed E-state index contributed by atoms with van der Waals surface area (Å²) in [5.74, 6) is 0.406. The molecule has 0 unspecified atom stereocenters. The Bertz CT molecular complexity index is 1040. The topological polar surface area (TPSA) is 84.7 Å². The summed E-state index contributed by atoms with van der Waals surface area (Å²) in [5.41, 5.74) is 1.33. The van der Waals surface area contributed by atoms with Gasteiger partial charge in [0.15, 0.2) is 0 Å². The van der Waals surface area contributed by atoms with Gasteiger partial charge >= 0.3 is 0 Å². The number of nitrogens with zero attached hydrogens (tertiary/aromatic N) is 3. The minimum atomic E-state index is -0.360. The van der Waals surface area contributed by atoms with Crippen molar-refractivity contribution in [1.82, 2.24) is 19.9 Å². The van der Waals surface area contributed by atoms with Crippen LogP contribution in [0, 0.1) is 0 Å². The van der Waals surface area contributed by atoms with Crippen molar-refractivity contribution in [3.8, 4) is 11.4 Å². The van der Waals surface area contributed by atoms with Gasteiger partial charge in [-0.05, 0) is 24.3 Å². The average Bonchev–Trinajstić information content (AvgIpc) is 2.87. The van der Waals surface area contributed by atoms with Gasteiger partial charge < -0.3 is 9.40 Å². The predicted molar refractivity (Wildman–Crippen MR) is 78.2 cm³/mol. The Balaban J connectivity index is 2.08. The van der Waals surface area contributed by atoms with E-state index in [2.05, 4.69) is 19.9 Å². The molecule has 6 nitrogen and oxygen atoms in total. The quantitative estimate of drug-likeness (QED) is 0.546. The molecule has 0 amide bonds. The summed E-state index contributed by atoms with van der Waals surface area (Å²) in [6.07, 6.45) is 3.15. The van der Waals surface area contributed by atoms with E-state index in [4.69, 9.17) is 16.0 Å². The molecule has 0 radical (unpaired) electrons. The van der Waals surface area contributed by atoms with Gasteiger partial charge in [-0.3, -0.25) is 4.79 Å². The van der Waals surface area contributed by atoms with Crippen LogP contribution in [0.1, 0.15) is 0 Å². The second-order valence-corrected chi connectivity index (χ2v) is 4.80. The molecule has 0 aliphatic carbocycles. The van der Waals surface area contributed by atoms with Crippen molar-refractivity contribution in [1.29, 1.82) is 0 Å². The number of hydrogen-bond acceptors (Lipinski definition) is 5. The lowest BCUT2D eigenvalue weighted by Gasteiger charge is -2.00. The number of aromatic nitrogens is 4. The SMILES string of the molecule is O=c1[nH]c(-c2ccnc(Cl)c2)nc2c1oc1ncccc12. The lowest BCUT2D eigenvalue weighted by Crippen LogP contribution is -2.08. The summed E-state index contributed by atoms with van der Waals surface area (Å²) in [7, 11) is 0. The van der Waals surface area contributed by atoms with Gasteiger partial charge in [0.1, 0.15) is 16.5 Å². The van der Waals surface area contributed by atoms with Crippen LogP contribution in [0.2, 0.25) is 5.15 Å². The first-order valence-corrected chi connectivity index (χ1v) is 6.49. The molecule has 4 rings (SSSR count). The number of H-pyrrole nitrogens is 1. The van der Waals surface area contributed by atoms with Crippen LogP contribution in [0.15, 0.2) is 45.9 Å². The highest BCUT2D eigenvalue weighted by Crippen LogP contribution is 2.25. The molecule has 4 aromatic heterocycles. The molecule has 0 fully saturated rings. The van der Waals surface area contributed by atoms with Crippen LogP contribution in [-0.4, -0.2) is 19.9 Å². The summed E-state index contributed by atoms with van der Waals surface area (Å²) in [6, 6.07) is 6.93. The lowest BCUT2D eigenvalue weighted by atomic mass is 10.2. The zero-order valence-electron chi connectivity index (χ0n) is 10.5. The molecule has 102 valence electrons. The van der Waals surface area contributed by atoms with Crippen LogP contribution in [0.4, 0.5) is 0 Å². The van der Waals surface area contributed by atoms with E-state index >= 15 is 0 Å². The molecule has 0 saturated heterocycles. The molecule has 4 heterocycles. The van der Waals surface area contributed by atoms with Crippen LogP contribution >= 0.6 is 11.6 Å². The van der Waals surface area contributed by atoms with Gasteiger partial charge in [-0.25, -0.2) is 15.0 Å². The minimum absolute atomic E-state index is 0.160. The lowest BCUT2D eigenvalue weighted by molar-refractivity contribution is 0.647. The highest BCUT2D eigenvalue weighted by Gasteiger charge is 2.14. The second kappa shape index (κ2) is 4.39. The average molecular weight is 299 g/mol. The van der Waals surface area contributed by atoms with Crippen molar-refractivity contribution < 1.29 is 4.42 Å². The van der Waals surface area contributed by atoms with Crippen molar-refractivity contribution in [3.05, 3.63) is 52.2 Å². The van der Waals surface area contributed by atoms with Crippen molar-refractivity contribution in [2.24, 2.45) is 0 Å². The Hall–Kier alpha value is -2.73. The Labute approximate surface area is 122 Å². The number of aromatic amines is 1. The van der Waals surface area contributed by atoms with Crippen LogP contribution in [0.5, 0.6) is 0 Å². The fourth-order valence-corrected chi connectivity index (χ4v) is 2.35. The molecule has 7 heteroatoms. The van der Waals surface area contributed by atoms with E-state index in [1.165, 1.54) is 0 Å². The van der Waals surface area contributed by atoms with E-state index in [1.807, 2.05) is 6.07 Å². The molecule has 0 spiro atoms. The zero-order valence-corrected chi connectivity index (χ0v) is 11.3. The minimum Gasteiger partial charge on any atom is -0.430 e. The predicted octanol–water partition coefficient (Wildman–Crippen LogP) is 2.78. The number of pyridine rings is 2. The van der Waals surface area contributed by atoms with Gasteiger partial charge in [0.2, 0.25) is 11.3 Å². The van der Waals surface area contributed by atoms with E-state index in [0.717, 1.165) is 0 Å². The normalized spacial score (nSPS) is 11.3. The largest absolute Gasteiger partial charge is 0.430 e. The molecule has 0 aliphatic rings. The summed E-state index contributed by atoms with van der Waals surface area (Å²) in [5, 5.41) is 1.02. The Kier molecular flexibility index (Phi) is 2.52.